The van der Waals surface area contributed by atoms with Crippen molar-refractivity contribution in [1.82, 2.24) is 9.78 Å². The molecule has 6 heteroatoms. The van der Waals surface area contributed by atoms with Crippen LogP contribution in [0.25, 0.3) is 28.6 Å². The SMILES string of the molecule is COc1ccc(/C(C#N)=C\c2cn(-c3ccccc3)nc2-c2ccc(Cl)cc2)cc1OC. The summed E-state index contributed by atoms with van der Waals surface area (Å²) in [4.78, 5) is 0. The van der Waals surface area contributed by atoms with E-state index in [1.54, 1.807) is 31.0 Å². The zero-order valence-electron chi connectivity index (χ0n) is 17.6. The van der Waals surface area contributed by atoms with Gasteiger partial charge in [-0.3, -0.25) is 0 Å². The maximum absolute atomic E-state index is 9.92. The van der Waals surface area contributed by atoms with E-state index in [1.807, 2.05) is 72.9 Å². The standard InChI is InChI=1S/C26H20ClN3O2/c1-31-24-13-10-19(15-25(24)32-2)20(16-28)14-21-17-30(23-6-4-3-5-7-23)29-26(21)18-8-11-22(27)12-9-18/h3-15,17H,1-2H3/b20-14-. The van der Waals surface area contributed by atoms with Gasteiger partial charge >= 0.3 is 0 Å². The van der Waals surface area contributed by atoms with E-state index in [-0.39, 0.29) is 0 Å². The molecule has 32 heavy (non-hydrogen) atoms. The quantitative estimate of drug-likeness (QED) is 0.330. The number of hydrogen-bond donors (Lipinski definition) is 0. The minimum absolute atomic E-state index is 0.480. The van der Waals surface area contributed by atoms with Crippen LogP contribution >= 0.6 is 11.6 Å². The molecule has 158 valence electrons. The van der Waals surface area contributed by atoms with Crippen molar-refractivity contribution < 1.29 is 9.47 Å². The van der Waals surface area contributed by atoms with E-state index in [0.717, 1.165) is 28.1 Å². The average molecular weight is 442 g/mol. The number of allylic oxidation sites excluding steroid dienone is 1. The number of hydrogen-bond acceptors (Lipinski definition) is 4. The average Bonchev–Trinajstić information content (AvgIpc) is 3.27. The van der Waals surface area contributed by atoms with Crippen molar-refractivity contribution in [2.75, 3.05) is 14.2 Å². The Morgan fingerprint density at radius 1 is 0.969 bits per heavy atom. The maximum Gasteiger partial charge on any atom is 0.161 e. The predicted molar refractivity (Wildman–Crippen MR) is 127 cm³/mol. The molecule has 0 aliphatic rings. The van der Waals surface area contributed by atoms with Gasteiger partial charge in [-0.15, -0.1) is 0 Å². The summed E-state index contributed by atoms with van der Waals surface area (Å²) >= 11 is 6.08. The topological polar surface area (TPSA) is 60.1 Å². The number of rotatable bonds is 6. The lowest BCUT2D eigenvalue weighted by molar-refractivity contribution is 0.355. The molecule has 3 aromatic carbocycles. The fourth-order valence-electron chi connectivity index (χ4n) is 3.38. The van der Waals surface area contributed by atoms with Crippen LogP contribution in [-0.2, 0) is 0 Å². The minimum Gasteiger partial charge on any atom is -0.493 e. The van der Waals surface area contributed by atoms with Gasteiger partial charge in [0.1, 0.15) is 0 Å². The zero-order chi connectivity index (χ0) is 22.5. The van der Waals surface area contributed by atoms with Crippen molar-refractivity contribution in [2.45, 2.75) is 0 Å². The molecule has 4 aromatic rings. The number of benzene rings is 3. The third-order valence-corrected chi connectivity index (χ3v) is 5.25. The second kappa shape index (κ2) is 9.42. The van der Waals surface area contributed by atoms with Gasteiger partial charge < -0.3 is 9.47 Å². The van der Waals surface area contributed by atoms with Gasteiger partial charge in [0.05, 0.1) is 37.2 Å². The molecule has 0 saturated carbocycles. The summed E-state index contributed by atoms with van der Waals surface area (Å²) in [6.07, 6.45) is 3.75. The lowest BCUT2D eigenvalue weighted by Gasteiger charge is -2.09. The molecule has 0 fully saturated rings. The van der Waals surface area contributed by atoms with Gasteiger partial charge in [-0.05, 0) is 54.1 Å². The Labute approximate surface area is 191 Å². The predicted octanol–water partition coefficient (Wildman–Crippen LogP) is 6.27. The van der Waals surface area contributed by atoms with Crippen molar-refractivity contribution in [2.24, 2.45) is 0 Å². The molecule has 0 bridgehead atoms. The first kappa shape index (κ1) is 21.2. The number of halogens is 1. The molecule has 0 atom stereocenters. The summed E-state index contributed by atoms with van der Waals surface area (Å²) in [5.74, 6) is 1.16. The van der Waals surface area contributed by atoms with E-state index in [2.05, 4.69) is 6.07 Å². The Morgan fingerprint density at radius 3 is 2.34 bits per heavy atom. The fourth-order valence-corrected chi connectivity index (χ4v) is 3.50. The monoisotopic (exact) mass is 441 g/mol. The third kappa shape index (κ3) is 4.36. The smallest absolute Gasteiger partial charge is 0.161 e. The summed E-state index contributed by atoms with van der Waals surface area (Å²) in [5, 5.41) is 15.4. The van der Waals surface area contributed by atoms with Gasteiger partial charge in [0.2, 0.25) is 0 Å². The fraction of sp³-hybridized carbons (Fsp3) is 0.0769. The first-order valence-electron chi connectivity index (χ1n) is 9.88. The van der Waals surface area contributed by atoms with Gasteiger partial charge in [0.15, 0.2) is 11.5 Å². The molecule has 0 spiro atoms. The molecule has 0 amide bonds. The number of ether oxygens (including phenoxy) is 2. The number of para-hydroxylation sites is 1. The van der Waals surface area contributed by atoms with Crippen LogP contribution in [0.15, 0.2) is 79.0 Å². The van der Waals surface area contributed by atoms with E-state index in [1.165, 1.54) is 0 Å². The number of nitriles is 1. The van der Waals surface area contributed by atoms with Crippen LogP contribution in [0.5, 0.6) is 11.5 Å². The molecule has 4 rings (SSSR count). The molecule has 5 nitrogen and oxygen atoms in total. The van der Waals surface area contributed by atoms with E-state index in [9.17, 15) is 5.26 Å². The summed E-state index contributed by atoms with van der Waals surface area (Å²) in [6.45, 7) is 0. The highest BCUT2D eigenvalue weighted by molar-refractivity contribution is 6.30. The van der Waals surface area contributed by atoms with Crippen LogP contribution in [0, 0.1) is 11.3 Å². The Balaban J connectivity index is 1.85. The van der Waals surface area contributed by atoms with E-state index >= 15 is 0 Å². The van der Waals surface area contributed by atoms with Crippen LogP contribution < -0.4 is 9.47 Å². The Bertz CT molecular complexity index is 1300. The second-order valence-corrected chi connectivity index (χ2v) is 7.40. The van der Waals surface area contributed by atoms with Crippen molar-refractivity contribution >= 4 is 23.3 Å². The Hall–Kier alpha value is -4.01. The molecule has 0 unspecified atom stereocenters. The van der Waals surface area contributed by atoms with Crippen LogP contribution in [0.3, 0.4) is 0 Å². The molecule has 1 aromatic heterocycles. The summed E-state index contributed by atoms with van der Waals surface area (Å²) in [6, 6.07) is 25.0. The highest BCUT2D eigenvalue weighted by Gasteiger charge is 2.14. The van der Waals surface area contributed by atoms with Crippen molar-refractivity contribution in [1.29, 1.82) is 5.26 Å². The molecular weight excluding hydrogens is 422 g/mol. The molecule has 0 N–H and O–H groups in total. The first-order chi connectivity index (χ1) is 15.6. The molecule has 1 heterocycles. The van der Waals surface area contributed by atoms with Gasteiger partial charge in [-0.1, -0.05) is 41.9 Å². The second-order valence-electron chi connectivity index (χ2n) is 6.96. The summed E-state index contributed by atoms with van der Waals surface area (Å²) in [7, 11) is 3.15. The Kier molecular flexibility index (Phi) is 6.25. The molecule has 0 aliphatic carbocycles. The Morgan fingerprint density at radius 2 is 1.69 bits per heavy atom. The van der Waals surface area contributed by atoms with Crippen molar-refractivity contribution in [3.63, 3.8) is 0 Å². The number of aromatic nitrogens is 2. The van der Waals surface area contributed by atoms with Gasteiger partial charge in [-0.25, -0.2) is 4.68 Å². The minimum atomic E-state index is 0.480. The van der Waals surface area contributed by atoms with Crippen LogP contribution in [0.1, 0.15) is 11.1 Å². The first-order valence-corrected chi connectivity index (χ1v) is 10.3. The largest absolute Gasteiger partial charge is 0.493 e. The van der Waals surface area contributed by atoms with Crippen LogP contribution in [0.2, 0.25) is 5.02 Å². The molecule has 0 aliphatic heterocycles. The number of nitrogens with zero attached hydrogens (tertiary/aromatic N) is 3. The van der Waals surface area contributed by atoms with E-state index in [0.29, 0.717) is 22.1 Å². The van der Waals surface area contributed by atoms with Gasteiger partial charge in [-0.2, -0.15) is 10.4 Å². The van der Waals surface area contributed by atoms with E-state index < -0.39 is 0 Å². The van der Waals surface area contributed by atoms with Gasteiger partial charge in [0.25, 0.3) is 0 Å². The van der Waals surface area contributed by atoms with Crippen LogP contribution in [-0.4, -0.2) is 24.0 Å². The molecule has 0 radical (unpaired) electrons. The van der Waals surface area contributed by atoms with Crippen LogP contribution in [0.4, 0.5) is 0 Å². The molecule has 0 saturated heterocycles. The zero-order valence-corrected chi connectivity index (χ0v) is 18.4. The summed E-state index contributed by atoms with van der Waals surface area (Å²) < 4.78 is 12.5. The highest BCUT2D eigenvalue weighted by Crippen LogP contribution is 2.33. The number of methoxy groups -OCH3 is 2. The normalized spacial score (nSPS) is 11.1. The molecular formula is C26H20ClN3O2. The lowest BCUT2D eigenvalue weighted by Crippen LogP contribution is -1.93. The van der Waals surface area contributed by atoms with E-state index in [4.69, 9.17) is 26.2 Å². The highest BCUT2D eigenvalue weighted by atomic mass is 35.5. The maximum atomic E-state index is 9.92. The van der Waals surface area contributed by atoms with Crippen molar-refractivity contribution in [3.8, 4) is 34.5 Å². The summed E-state index contributed by atoms with van der Waals surface area (Å²) in [5.41, 5.74) is 4.58. The lowest BCUT2D eigenvalue weighted by atomic mass is 10.0. The van der Waals surface area contributed by atoms with Gasteiger partial charge in [0, 0.05) is 22.3 Å². The van der Waals surface area contributed by atoms with Crippen molar-refractivity contribution in [3.05, 3.63) is 95.1 Å². The third-order valence-electron chi connectivity index (χ3n) is 5.00.